The Balaban J connectivity index is 2.38. The molecule has 1 rings (SSSR count). The number of ether oxygens (including phenoxy) is 1. The average molecular weight is 250 g/mol. The summed E-state index contributed by atoms with van der Waals surface area (Å²) in [5.74, 6) is -0.339. The van der Waals surface area contributed by atoms with Gasteiger partial charge in [0.1, 0.15) is 6.29 Å². The molecule has 0 amide bonds. The highest BCUT2D eigenvalue weighted by molar-refractivity contribution is 5.90. The minimum absolute atomic E-state index is 0.339. The average Bonchev–Trinajstić information content (AvgIpc) is 2.33. The molecule has 0 fully saturated rings. The number of hydrogen-bond donors (Lipinski definition) is 0. The van der Waals surface area contributed by atoms with E-state index in [0.29, 0.717) is 17.7 Å². The highest BCUT2D eigenvalue weighted by atomic mass is 16.5. The fourth-order valence-electron chi connectivity index (χ4n) is 1.48. The van der Waals surface area contributed by atoms with E-state index in [2.05, 4.69) is 21.1 Å². The molecule has 0 saturated carbocycles. The standard InChI is InChI=1S/C14H20NO3/c1-15(2,3)9-4-10-18-14(17)13-7-5-12(11-16)6-8-13/h5-8,11H,4,9-10H2,1-3H3/q+1. The summed E-state index contributed by atoms with van der Waals surface area (Å²) in [6.07, 6.45) is 1.58. The lowest BCUT2D eigenvalue weighted by Gasteiger charge is -2.23. The molecule has 18 heavy (non-hydrogen) atoms. The van der Waals surface area contributed by atoms with Crippen molar-refractivity contribution < 1.29 is 18.8 Å². The van der Waals surface area contributed by atoms with Gasteiger partial charge in [-0.2, -0.15) is 0 Å². The van der Waals surface area contributed by atoms with E-state index in [1.807, 2.05) is 0 Å². The fraction of sp³-hybridized carbons (Fsp3) is 0.429. The molecule has 0 heterocycles. The van der Waals surface area contributed by atoms with Gasteiger partial charge in [-0.25, -0.2) is 4.79 Å². The quantitative estimate of drug-likeness (QED) is 0.334. The van der Waals surface area contributed by atoms with Crippen molar-refractivity contribution >= 4 is 12.3 Å². The minimum Gasteiger partial charge on any atom is -0.462 e. The first-order valence-corrected chi connectivity index (χ1v) is 5.95. The van der Waals surface area contributed by atoms with Gasteiger partial charge in [0.25, 0.3) is 0 Å². The number of benzene rings is 1. The molecule has 0 atom stereocenters. The first-order valence-electron chi connectivity index (χ1n) is 5.95. The number of aldehydes is 1. The number of esters is 1. The molecule has 0 unspecified atom stereocenters. The van der Waals surface area contributed by atoms with Crippen LogP contribution >= 0.6 is 0 Å². The second kappa shape index (κ2) is 6.31. The Labute approximate surface area is 108 Å². The van der Waals surface area contributed by atoms with Crippen molar-refractivity contribution in [2.75, 3.05) is 34.3 Å². The van der Waals surface area contributed by atoms with E-state index in [-0.39, 0.29) is 5.97 Å². The van der Waals surface area contributed by atoms with E-state index in [1.54, 1.807) is 24.3 Å². The van der Waals surface area contributed by atoms with Gasteiger partial charge in [-0.1, -0.05) is 12.1 Å². The monoisotopic (exact) mass is 250 g/mol. The lowest BCUT2D eigenvalue weighted by atomic mass is 10.1. The van der Waals surface area contributed by atoms with Crippen molar-refractivity contribution in [2.45, 2.75) is 6.42 Å². The van der Waals surface area contributed by atoms with Crippen LogP contribution in [0.4, 0.5) is 0 Å². The zero-order valence-corrected chi connectivity index (χ0v) is 11.2. The Morgan fingerprint density at radius 3 is 2.33 bits per heavy atom. The summed E-state index contributed by atoms with van der Waals surface area (Å²) in [6, 6.07) is 6.42. The smallest absolute Gasteiger partial charge is 0.338 e. The van der Waals surface area contributed by atoms with Crippen LogP contribution in [0.2, 0.25) is 0 Å². The summed E-state index contributed by atoms with van der Waals surface area (Å²) in [5.41, 5.74) is 1.03. The number of quaternary nitrogens is 1. The second-order valence-corrected chi connectivity index (χ2v) is 5.24. The van der Waals surface area contributed by atoms with Crippen molar-refractivity contribution in [2.24, 2.45) is 0 Å². The summed E-state index contributed by atoms with van der Waals surface area (Å²) in [5, 5.41) is 0. The molecule has 0 aliphatic heterocycles. The van der Waals surface area contributed by atoms with Crippen LogP contribution in [0.1, 0.15) is 27.1 Å². The van der Waals surface area contributed by atoms with Gasteiger partial charge in [0.2, 0.25) is 0 Å². The Morgan fingerprint density at radius 2 is 1.83 bits per heavy atom. The third-order valence-corrected chi connectivity index (χ3v) is 2.49. The predicted molar refractivity (Wildman–Crippen MR) is 69.6 cm³/mol. The maximum absolute atomic E-state index is 11.7. The zero-order chi connectivity index (χ0) is 13.6. The van der Waals surface area contributed by atoms with Crippen LogP contribution in [0, 0.1) is 0 Å². The van der Waals surface area contributed by atoms with Crippen LogP contribution in [0.5, 0.6) is 0 Å². The summed E-state index contributed by atoms with van der Waals surface area (Å²) < 4.78 is 6.01. The Hall–Kier alpha value is -1.68. The lowest BCUT2D eigenvalue weighted by molar-refractivity contribution is -0.870. The molecule has 0 aliphatic rings. The third-order valence-electron chi connectivity index (χ3n) is 2.49. The molecular weight excluding hydrogens is 230 g/mol. The third kappa shape index (κ3) is 5.10. The molecule has 0 bridgehead atoms. The Bertz CT molecular complexity index is 404. The molecule has 4 nitrogen and oxygen atoms in total. The van der Waals surface area contributed by atoms with Crippen LogP contribution in [0.15, 0.2) is 24.3 Å². The maximum atomic E-state index is 11.7. The molecule has 1 aromatic rings. The van der Waals surface area contributed by atoms with E-state index < -0.39 is 0 Å². The van der Waals surface area contributed by atoms with Gasteiger partial charge in [-0.15, -0.1) is 0 Å². The molecule has 0 radical (unpaired) electrons. The van der Waals surface area contributed by atoms with Crippen LogP contribution in [0.3, 0.4) is 0 Å². The first kappa shape index (κ1) is 14.4. The van der Waals surface area contributed by atoms with Gasteiger partial charge in [-0.05, 0) is 12.1 Å². The number of carbonyl (C=O) groups is 2. The molecule has 0 saturated heterocycles. The number of rotatable bonds is 6. The number of nitrogens with zero attached hydrogens (tertiary/aromatic N) is 1. The van der Waals surface area contributed by atoms with Crippen LogP contribution in [-0.2, 0) is 4.74 Å². The predicted octanol–water partition coefficient (Wildman–Crippen LogP) is 1.75. The van der Waals surface area contributed by atoms with Gasteiger partial charge in [0.05, 0.1) is 39.9 Å². The van der Waals surface area contributed by atoms with Crippen molar-refractivity contribution in [1.82, 2.24) is 0 Å². The topological polar surface area (TPSA) is 43.4 Å². The van der Waals surface area contributed by atoms with Crippen molar-refractivity contribution in [3.8, 4) is 0 Å². The molecule has 98 valence electrons. The highest BCUT2D eigenvalue weighted by Crippen LogP contribution is 2.05. The first-order chi connectivity index (χ1) is 8.42. The van der Waals surface area contributed by atoms with E-state index in [1.165, 1.54) is 0 Å². The van der Waals surface area contributed by atoms with E-state index in [4.69, 9.17) is 4.74 Å². The minimum atomic E-state index is -0.339. The van der Waals surface area contributed by atoms with Gasteiger partial charge < -0.3 is 9.22 Å². The maximum Gasteiger partial charge on any atom is 0.338 e. The Morgan fingerprint density at radius 1 is 1.22 bits per heavy atom. The number of carbonyl (C=O) groups excluding carboxylic acids is 2. The van der Waals surface area contributed by atoms with Gasteiger partial charge in [-0.3, -0.25) is 4.79 Å². The fourth-order valence-corrected chi connectivity index (χ4v) is 1.48. The highest BCUT2D eigenvalue weighted by Gasteiger charge is 2.09. The molecular formula is C14H20NO3+. The molecule has 0 N–H and O–H groups in total. The van der Waals surface area contributed by atoms with E-state index in [9.17, 15) is 9.59 Å². The van der Waals surface area contributed by atoms with Gasteiger partial charge >= 0.3 is 5.97 Å². The molecule has 0 spiro atoms. The van der Waals surface area contributed by atoms with Gasteiger partial charge in [0, 0.05) is 12.0 Å². The summed E-state index contributed by atoms with van der Waals surface area (Å²) >= 11 is 0. The van der Waals surface area contributed by atoms with Crippen LogP contribution < -0.4 is 0 Å². The van der Waals surface area contributed by atoms with E-state index >= 15 is 0 Å². The summed E-state index contributed by atoms with van der Waals surface area (Å²) in [7, 11) is 6.29. The lowest BCUT2D eigenvalue weighted by Crippen LogP contribution is -2.35. The normalized spacial score (nSPS) is 11.1. The zero-order valence-electron chi connectivity index (χ0n) is 11.2. The van der Waals surface area contributed by atoms with Crippen LogP contribution in [0.25, 0.3) is 0 Å². The summed E-state index contributed by atoms with van der Waals surface area (Å²) in [6.45, 7) is 1.38. The van der Waals surface area contributed by atoms with Crippen molar-refractivity contribution in [3.05, 3.63) is 35.4 Å². The molecule has 0 aromatic heterocycles. The second-order valence-electron chi connectivity index (χ2n) is 5.24. The van der Waals surface area contributed by atoms with Crippen molar-refractivity contribution in [1.29, 1.82) is 0 Å². The number of hydrogen-bond acceptors (Lipinski definition) is 3. The largest absolute Gasteiger partial charge is 0.462 e. The SMILES string of the molecule is C[N+](C)(C)CCCOC(=O)c1ccc(C=O)cc1. The van der Waals surface area contributed by atoms with E-state index in [0.717, 1.165) is 23.7 Å². The van der Waals surface area contributed by atoms with Crippen LogP contribution in [-0.4, -0.2) is 51.0 Å². The summed E-state index contributed by atoms with van der Waals surface area (Å²) in [4.78, 5) is 22.1. The molecule has 1 aromatic carbocycles. The van der Waals surface area contributed by atoms with Crippen molar-refractivity contribution in [3.63, 3.8) is 0 Å². The molecule has 0 aliphatic carbocycles. The Kier molecular flexibility index (Phi) is 5.04. The molecule has 4 heteroatoms. The van der Waals surface area contributed by atoms with Gasteiger partial charge in [0.15, 0.2) is 0 Å².